The van der Waals surface area contributed by atoms with E-state index in [-0.39, 0.29) is 25.4 Å². The number of nitrogens with one attached hydrogen (secondary N) is 1. The van der Waals surface area contributed by atoms with Gasteiger partial charge in [0.2, 0.25) is 5.91 Å². The molecule has 1 heterocycles. The minimum absolute atomic E-state index is 0.0610. The van der Waals surface area contributed by atoms with Crippen molar-refractivity contribution in [1.29, 1.82) is 0 Å². The van der Waals surface area contributed by atoms with Crippen molar-refractivity contribution in [3.05, 3.63) is 35.4 Å². The number of carbonyl (C=O) groups is 4. The first-order valence-corrected chi connectivity index (χ1v) is 6.86. The highest BCUT2D eigenvalue weighted by molar-refractivity contribution is 6.22. The molecule has 1 unspecified atom stereocenters. The van der Waals surface area contributed by atoms with Crippen LogP contribution < -0.4 is 5.32 Å². The molecule has 22 heavy (non-hydrogen) atoms. The predicted molar refractivity (Wildman–Crippen MR) is 76.3 cm³/mol. The third-order valence-corrected chi connectivity index (χ3v) is 3.38. The summed E-state index contributed by atoms with van der Waals surface area (Å²) in [5, 5.41) is 11.2. The van der Waals surface area contributed by atoms with E-state index in [1.54, 1.807) is 31.2 Å². The fourth-order valence-electron chi connectivity index (χ4n) is 2.26. The van der Waals surface area contributed by atoms with Crippen molar-refractivity contribution in [2.45, 2.75) is 25.8 Å². The SMILES string of the molecule is CC(CCC(=O)O)NC(=O)CN1C(=O)c2ccccc2C1=O. The molecule has 0 fully saturated rings. The zero-order valence-corrected chi connectivity index (χ0v) is 12.0. The summed E-state index contributed by atoms with van der Waals surface area (Å²) in [6, 6.07) is 6.05. The summed E-state index contributed by atoms with van der Waals surface area (Å²) >= 11 is 0. The Morgan fingerprint density at radius 1 is 1.18 bits per heavy atom. The monoisotopic (exact) mass is 304 g/mol. The van der Waals surface area contributed by atoms with Crippen LogP contribution in [0.2, 0.25) is 0 Å². The van der Waals surface area contributed by atoms with Crippen molar-refractivity contribution in [3.8, 4) is 0 Å². The number of carbonyl (C=O) groups excluding carboxylic acids is 3. The van der Waals surface area contributed by atoms with E-state index >= 15 is 0 Å². The van der Waals surface area contributed by atoms with E-state index in [0.29, 0.717) is 11.1 Å². The van der Waals surface area contributed by atoms with Gasteiger partial charge in [0.1, 0.15) is 6.54 Å². The topological polar surface area (TPSA) is 104 Å². The maximum atomic E-state index is 12.1. The molecule has 0 spiro atoms. The van der Waals surface area contributed by atoms with Gasteiger partial charge in [-0.2, -0.15) is 0 Å². The number of nitrogens with zero attached hydrogens (tertiary/aromatic N) is 1. The van der Waals surface area contributed by atoms with Crippen LogP contribution in [0, 0.1) is 0 Å². The lowest BCUT2D eigenvalue weighted by Crippen LogP contribution is -2.43. The number of amides is 3. The van der Waals surface area contributed by atoms with Gasteiger partial charge in [-0.3, -0.25) is 24.1 Å². The van der Waals surface area contributed by atoms with E-state index in [1.165, 1.54) is 0 Å². The zero-order chi connectivity index (χ0) is 16.3. The predicted octanol–water partition coefficient (Wildman–Crippen LogP) is 0.652. The van der Waals surface area contributed by atoms with Gasteiger partial charge >= 0.3 is 5.97 Å². The summed E-state index contributed by atoms with van der Waals surface area (Å²) in [6.07, 6.45) is 0.220. The Hall–Kier alpha value is -2.70. The number of benzene rings is 1. The minimum Gasteiger partial charge on any atom is -0.481 e. The lowest BCUT2D eigenvalue weighted by molar-refractivity contribution is -0.137. The molecule has 2 rings (SSSR count). The van der Waals surface area contributed by atoms with E-state index < -0.39 is 23.7 Å². The highest BCUT2D eigenvalue weighted by Gasteiger charge is 2.36. The number of hydrogen-bond donors (Lipinski definition) is 2. The molecule has 0 aliphatic carbocycles. The van der Waals surface area contributed by atoms with E-state index in [0.717, 1.165) is 4.90 Å². The van der Waals surface area contributed by atoms with Crippen LogP contribution in [0.15, 0.2) is 24.3 Å². The van der Waals surface area contributed by atoms with Crippen LogP contribution >= 0.6 is 0 Å². The van der Waals surface area contributed by atoms with Gasteiger partial charge in [-0.15, -0.1) is 0 Å². The summed E-state index contributed by atoms with van der Waals surface area (Å²) in [5.41, 5.74) is 0.582. The van der Waals surface area contributed by atoms with Gasteiger partial charge in [0.25, 0.3) is 11.8 Å². The maximum Gasteiger partial charge on any atom is 0.303 e. The molecule has 1 atom stereocenters. The summed E-state index contributed by atoms with van der Waals surface area (Å²) in [7, 11) is 0. The van der Waals surface area contributed by atoms with Gasteiger partial charge in [0.15, 0.2) is 0 Å². The van der Waals surface area contributed by atoms with E-state index in [4.69, 9.17) is 5.11 Å². The molecule has 116 valence electrons. The first-order chi connectivity index (χ1) is 10.4. The Morgan fingerprint density at radius 3 is 2.23 bits per heavy atom. The molecule has 0 bridgehead atoms. The molecule has 2 N–H and O–H groups in total. The van der Waals surface area contributed by atoms with Crippen LogP contribution in [0.25, 0.3) is 0 Å². The number of carboxylic acids is 1. The molecule has 3 amide bonds. The summed E-state index contributed by atoms with van der Waals surface area (Å²) in [4.78, 5) is 47.4. The highest BCUT2D eigenvalue weighted by atomic mass is 16.4. The fourth-order valence-corrected chi connectivity index (χ4v) is 2.26. The molecule has 0 saturated carbocycles. The average Bonchev–Trinajstić information content (AvgIpc) is 2.71. The van der Waals surface area contributed by atoms with E-state index in [2.05, 4.69) is 5.32 Å². The Morgan fingerprint density at radius 2 is 1.73 bits per heavy atom. The van der Waals surface area contributed by atoms with Gasteiger partial charge < -0.3 is 10.4 Å². The van der Waals surface area contributed by atoms with Crippen molar-refractivity contribution in [2.75, 3.05) is 6.54 Å². The third-order valence-electron chi connectivity index (χ3n) is 3.38. The van der Waals surface area contributed by atoms with Crippen LogP contribution in [-0.4, -0.2) is 46.3 Å². The summed E-state index contributed by atoms with van der Waals surface area (Å²) in [5.74, 6) is -2.42. The Balaban J connectivity index is 1.95. The van der Waals surface area contributed by atoms with Crippen LogP contribution in [-0.2, 0) is 9.59 Å². The molecule has 1 aliphatic rings. The zero-order valence-electron chi connectivity index (χ0n) is 12.0. The first-order valence-electron chi connectivity index (χ1n) is 6.86. The number of fused-ring (bicyclic) bond motifs is 1. The minimum atomic E-state index is -0.943. The second kappa shape index (κ2) is 6.38. The molecule has 1 aliphatic heterocycles. The number of imide groups is 1. The van der Waals surface area contributed by atoms with Gasteiger partial charge in [0.05, 0.1) is 11.1 Å². The Labute approximate surface area is 126 Å². The largest absolute Gasteiger partial charge is 0.481 e. The van der Waals surface area contributed by atoms with Gasteiger partial charge in [-0.05, 0) is 25.5 Å². The Kier molecular flexibility index (Phi) is 4.55. The van der Waals surface area contributed by atoms with Crippen LogP contribution in [0.3, 0.4) is 0 Å². The number of rotatable bonds is 6. The standard InChI is InChI=1S/C15H16N2O5/c1-9(6-7-13(19)20)16-12(18)8-17-14(21)10-4-2-3-5-11(10)15(17)22/h2-5,9H,6-8H2,1H3,(H,16,18)(H,19,20). The second-order valence-corrected chi connectivity index (χ2v) is 5.14. The molecule has 0 aromatic heterocycles. The summed E-state index contributed by atoms with van der Waals surface area (Å²) in [6.45, 7) is 1.30. The Bertz CT molecular complexity index is 606. The molecule has 0 saturated heterocycles. The molecule has 1 aromatic rings. The molecule has 7 nitrogen and oxygen atoms in total. The van der Waals surface area contributed by atoms with Crippen molar-refractivity contribution < 1.29 is 24.3 Å². The molecule has 0 radical (unpaired) electrons. The number of carboxylic acid groups (broad SMARTS) is 1. The molecule has 7 heteroatoms. The lowest BCUT2D eigenvalue weighted by Gasteiger charge is -2.17. The number of hydrogen-bond acceptors (Lipinski definition) is 4. The highest BCUT2D eigenvalue weighted by Crippen LogP contribution is 2.21. The van der Waals surface area contributed by atoms with Crippen molar-refractivity contribution in [2.24, 2.45) is 0 Å². The van der Waals surface area contributed by atoms with Gasteiger partial charge in [-0.25, -0.2) is 0 Å². The second-order valence-electron chi connectivity index (χ2n) is 5.14. The average molecular weight is 304 g/mol. The van der Waals surface area contributed by atoms with E-state index in [1.807, 2.05) is 0 Å². The van der Waals surface area contributed by atoms with Gasteiger partial charge in [-0.1, -0.05) is 12.1 Å². The van der Waals surface area contributed by atoms with Crippen molar-refractivity contribution in [3.63, 3.8) is 0 Å². The van der Waals surface area contributed by atoms with Crippen LogP contribution in [0.4, 0.5) is 0 Å². The third kappa shape index (κ3) is 3.30. The fraction of sp³-hybridized carbons (Fsp3) is 0.333. The lowest BCUT2D eigenvalue weighted by atomic mass is 10.1. The van der Waals surface area contributed by atoms with Crippen molar-refractivity contribution in [1.82, 2.24) is 10.2 Å². The number of aliphatic carboxylic acids is 1. The quantitative estimate of drug-likeness (QED) is 0.751. The smallest absolute Gasteiger partial charge is 0.303 e. The molecule has 1 aromatic carbocycles. The maximum absolute atomic E-state index is 12.1. The van der Waals surface area contributed by atoms with Crippen LogP contribution in [0.1, 0.15) is 40.5 Å². The first kappa shape index (κ1) is 15.7. The molecular formula is C15H16N2O5. The van der Waals surface area contributed by atoms with Gasteiger partial charge in [0, 0.05) is 12.5 Å². The van der Waals surface area contributed by atoms with Crippen molar-refractivity contribution >= 4 is 23.7 Å². The van der Waals surface area contributed by atoms with E-state index in [9.17, 15) is 19.2 Å². The van der Waals surface area contributed by atoms with Crippen LogP contribution in [0.5, 0.6) is 0 Å². The normalized spacial score (nSPS) is 14.7. The molecular weight excluding hydrogens is 288 g/mol. The summed E-state index contributed by atoms with van der Waals surface area (Å²) < 4.78 is 0.